The Bertz CT molecular complexity index is 808. The van der Waals surface area contributed by atoms with Gasteiger partial charge in [-0.25, -0.2) is 4.98 Å². The van der Waals surface area contributed by atoms with Crippen LogP contribution < -0.4 is 10.9 Å². The van der Waals surface area contributed by atoms with Gasteiger partial charge in [-0.05, 0) is 29.3 Å². The van der Waals surface area contributed by atoms with E-state index >= 15 is 0 Å². The topological polar surface area (TPSA) is 66.9 Å². The van der Waals surface area contributed by atoms with Gasteiger partial charge in [0.1, 0.15) is 0 Å². The summed E-state index contributed by atoms with van der Waals surface area (Å²) in [5.74, 6) is 0.307. The standard InChI is InChI=1S/C16H13ClN4O/c17-16-18-13-9-5-4-8-12(13)15(19-16)21-20-14(22)10-11-6-2-1-3-7-11/h1-9H,10H2,(H,20,22)(H,18,19,21). The molecule has 1 heterocycles. The number of halogens is 1. The molecule has 0 bridgehead atoms. The molecule has 3 rings (SSSR count). The summed E-state index contributed by atoms with van der Waals surface area (Å²) < 4.78 is 0. The zero-order chi connectivity index (χ0) is 15.4. The van der Waals surface area contributed by atoms with Gasteiger partial charge in [0.05, 0.1) is 11.9 Å². The van der Waals surface area contributed by atoms with Crippen LogP contribution in [0.2, 0.25) is 5.28 Å². The van der Waals surface area contributed by atoms with Crippen LogP contribution in [0.15, 0.2) is 54.6 Å². The number of nitrogens with zero attached hydrogens (tertiary/aromatic N) is 2. The van der Waals surface area contributed by atoms with Gasteiger partial charge in [-0.1, -0.05) is 42.5 Å². The Morgan fingerprint density at radius 3 is 2.55 bits per heavy atom. The number of rotatable bonds is 4. The summed E-state index contributed by atoms with van der Waals surface area (Å²) in [4.78, 5) is 20.2. The monoisotopic (exact) mass is 312 g/mol. The van der Waals surface area contributed by atoms with Crippen LogP contribution >= 0.6 is 11.6 Å². The first-order valence-corrected chi connectivity index (χ1v) is 7.11. The van der Waals surface area contributed by atoms with Crippen LogP contribution in [0.3, 0.4) is 0 Å². The first-order valence-electron chi connectivity index (χ1n) is 6.73. The highest BCUT2D eigenvalue weighted by atomic mass is 35.5. The Morgan fingerprint density at radius 2 is 1.73 bits per heavy atom. The van der Waals surface area contributed by atoms with E-state index in [4.69, 9.17) is 11.6 Å². The van der Waals surface area contributed by atoms with Crippen LogP contribution in [0.5, 0.6) is 0 Å². The van der Waals surface area contributed by atoms with Gasteiger partial charge in [-0.2, -0.15) is 4.98 Å². The van der Waals surface area contributed by atoms with Crippen molar-refractivity contribution in [3.63, 3.8) is 0 Å². The number of hydrazine groups is 1. The molecule has 2 N–H and O–H groups in total. The number of fused-ring (bicyclic) bond motifs is 1. The Morgan fingerprint density at radius 1 is 1.00 bits per heavy atom. The fourth-order valence-electron chi connectivity index (χ4n) is 2.10. The van der Waals surface area contributed by atoms with E-state index in [1.54, 1.807) is 0 Å². The molecule has 1 aromatic heterocycles. The van der Waals surface area contributed by atoms with Gasteiger partial charge in [-0.15, -0.1) is 0 Å². The number of hydrogen-bond acceptors (Lipinski definition) is 4. The summed E-state index contributed by atoms with van der Waals surface area (Å²) in [6.45, 7) is 0. The number of para-hydroxylation sites is 1. The smallest absolute Gasteiger partial charge is 0.242 e. The van der Waals surface area contributed by atoms with E-state index in [1.165, 1.54) is 0 Å². The van der Waals surface area contributed by atoms with Crippen molar-refractivity contribution in [2.45, 2.75) is 6.42 Å². The summed E-state index contributed by atoms with van der Waals surface area (Å²) in [5, 5.41) is 0.908. The number of benzene rings is 2. The number of nitrogens with one attached hydrogen (secondary N) is 2. The number of hydrogen-bond donors (Lipinski definition) is 2. The van der Waals surface area contributed by atoms with E-state index in [2.05, 4.69) is 20.8 Å². The SMILES string of the molecule is O=C(Cc1ccccc1)NNc1nc(Cl)nc2ccccc12. The Kier molecular flexibility index (Phi) is 4.16. The molecule has 0 atom stereocenters. The summed E-state index contributed by atoms with van der Waals surface area (Å²) in [5.41, 5.74) is 7.09. The highest BCUT2D eigenvalue weighted by Gasteiger charge is 2.08. The molecule has 2 aromatic carbocycles. The molecule has 0 unspecified atom stereocenters. The molecule has 3 aromatic rings. The third kappa shape index (κ3) is 3.32. The van der Waals surface area contributed by atoms with E-state index in [0.717, 1.165) is 10.9 Å². The molecule has 110 valence electrons. The minimum atomic E-state index is -0.162. The number of anilines is 1. The fourth-order valence-corrected chi connectivity index (χ4v) is 2.27. The van der Waals surface area contributed by atoms with E-state index in [0.29, 0.717) is 11.3 Å². The van der Waals surface area contributed by atoms with Crippen molar-refractivity contribution in [2.75, 3.05) is 5.43 Å². The summed E-state index contributed by atoms with van der Waals surface area (Å²) in [6.07, 6.45) is 0.282. The minimum absolute atomic E-state index is 0.124. The second kappa shape index (κ2) is 6.41. The van der Waals surface area contributed by atoms with Crippen molar-refractivity contribution in [1.29, 1.82) is 0 Å². The van der Waals surface area contributed by atoms with Crippen molar-refractivity contribution in [1.82, 2.24) is 15.4 Å². The first-order chi connectivity index (χ1) is 10.7. The molecule has 0 saturated carbocycles. The molecule has 6 heteroatoms. The fraction of sp³-hybridized carbons (Fsp3) is 0.0625. The van der Waals surface area contributed by atoms with Crippen molar-refractivity contribution in [3.05, 3.63) is 65.4 Å². The lowest BCUT2D eigenvalue weighted by Gasteiger charge is -2.10. The predicted molar refractivity (Wildman–Crippen MR) is 86.5 cm³/mol. The average molecular weight is 313 g/mol. The maximum atomic E-state index is 12.0. The molecule has 0 aliphatic carbocycles. The maximum Gasteiger partial charge on any atom is 0.242 e. The van der Waals surface area contributed by atoms with Crippen molar-refractivity contribution < 1.29 is 4.79 Å². The number of carbonyl (C=O) groups excluding carboxylic acids is 1. The largest absolute Gasteiger partial charge is 0.281 e. The summed E-state index contributed by atoms with van der Waals surface area (Å²) >= 11 is 5.89. The van der Waals surface area contributed by atoms with E-state index in [9.17, 15) is 4.79 Å². The molecule has 0 saturated heterocycles. The van der Waals surface area contributed by atoms with E-state index < -0.39 is 0 Å². The molecule has 5 nitrogen and oxygen atoms in total. The van der Waals surface area contributed by atoms with Gasteiger partial charge < -0.3 is 0 Å². The average Bonchev–Trinajstić information content (AvgIpc) is 2.53. The Labute approximate surface area is 132 Å². The molecule has 0 aliphatic heterocycles. The van der Waals surface area contributed by atoms with Crippen LogP contribution in [0.25, 0.3) is 10.9 Å². The Hall–Kier alpha value is -2.66. The van der Waals surface area contributed by atoms with Gasteiger partial charge in [0.25, 0.3) is 0 Å². The lowest BCUT2D eigenvalue weighted by molar-refractivity contribution is -0.119. The van der Waals surface area contributed by atoms with Crippen LogP contribution in [0.1, 0.15) is 5.56 Å². The molecule has 0 aliphatic rings. The number of aromatic nitrogens is 2. The molecule has 0 fully saturated rings. The molecular formula is C16H13ClN4O. The zero-order valence-corrected chi connectivity index (χ0v) is 12.3. The third-order valence-corrected chi connectivity index (χ3v) is 3.27. The minimum Gasteiger partial charge on any atom is -0.281 e. The van der Waals surface area contributed by atoms with Gasteiger partial charge >= 0.3 is 0 Å². The molecule has 22 heavy (non-hydrogen) atoms. The Balaban J connectivity index is 1.72. The van der Waals surface area contributed by atoms with Crippen LogP contribution in [-0.2, 0) is 11.2 Å². The van der Waals surface area contributed by atoms with Gasteiger partial charge in [0, 0.05) is 5.39 Å². The first kappa shape index (κ1) is 14.3. The molecule has 1 amide bonds. The molecule has 0 spiro atoms. The zero-order valence-electron chi connectivity index (χ0n) is 11.6. The van der Waals surface area contributed by atoms with Gasteiger partial charge in [-0.3, -0.25) is 15.6 Å². The lowest BCUT2D eigenvalue weighted by Crippen LogP contribution is -2.31. The normalized spacial score (nSPS) is 10.4. The molecular weight excluding hydrogens is 300 g/mol. The van der Waals surface area contributed by atoms with Gasteiger partial charge in [0.2, 0.25) is 11.2 Å². The van der Waals surface area contributed by atoms with Crippen LogP contribution in [0.4, 0.5) is 5.82 Å². The second-order valence-corrected chi connectivity index (χ2v) is 5.03. The van der Waals surface area contributed by atoms with Crippen molar-refractivity contribution in [3.8, 4) is 0 Å². The summed E-state index contributed by atoms with van der Waals surface area (Å²) in [6, 6.07) is 16.9. The quantitative estimate of drug-likeness (QED) is 0.574. The van der Waals surface area contributed by atoms with Crippen LogP contribution in [-0.4, -0.2) is 15.9 Å². The van der Waals surface area contributed by atoms with Crippen molar-refractivity contribution >= 4 is 34.2 Å². The highest BCUT2D eigenvalue weighted by molar-refractivity contribution is 6.28. The number of carbonyl (C=O) groups is 1. The third-order valence-electron chi connectivity index (χ3n) is 3.10. The lowest BCUT2D eigenvalue weighted by atomic mass is 10.1. The van der Waals surface area contributed by atoms with E-state index in [1.807, 2.05) is 54.6 Å². The van der Waals surface area contributed by atoms with Crippen molar-refractivity contribution in [2.24, 2.45) is 0 Å². The predicted octanol–water partition coefficient (Wildman–Crippen LogP) is 2.97. The number of amides is 1. The molecule has 0 radical (unpaired) electrons. The van der Waals surface area contributed by atoms with E-state index in [-0.39, 0.29) is 17.6 Å². The highest BCUT2D eigenvalue weighted by Crippen LogP contribution is 2.20. The van der Waals surface area contributed by atoms with Crippen LogP contribution in [0, 0.1) is 0 Å². The second-order valence-electron chi connectivity index (χ2n) is 4.69. The summed E-state index contributed by atoms with van der Waals surface area (Å²) in [7, 11) is 0. The van der Waals surface area contributed by atoms with Gasteiger partial charge in [0.15, 0.2) is 5.82 Å². The maximum absolute atomic E-state index is 12.0.